The van der Waals surface area contributed by atoms with Crippen LogP contribution in [0.5, 0.6) is 0 Å². The van der Waals surface area contributed by atoms with E-state index in [1.807, 2.05) is 12.1 Å². The zero-order valence-electron chi connectivity index (χ0n) is 14.6. The predicted octanol–water partition coefficient (Wildman–Crippen LogP) is 1.67. The van der Waals surface area contributed by atoms with Crippen molar-refractivity contribution in [2.45, 2.75) is 12.8 Å². The van der Waals surface area contributed by atoms with Gasteiger partial charge in [-0.3, -0.25) is 10.2 Å². The van der Waals surface area contributed by atoms with E-state index in [0.717, 1.165) is 16.7 Å². The number of rotatable bonds is 4. The van der Waals surface area contributed by atoms with Crippen molar-refractivity contribution in [2.24, 2.45) is 5.73 Å². The van der Waals surface area contributed by atoms with Crippen molar-refractivity contribution >= 4 is 17.7 Å². The number of aromatic nitrogens is 2. The number of nitrogens with one attached hydrogen (secondary N) is 1. The molecule has 138 valence electrons. The lowest BCUT2D eigenvalue weighted by Gasteiger charge is -2.27. The lowest BCUT2D eigenvalue weighted by molar-refractivity contribution is -0.131. The van der Waals surface area contributed by atoms with Gasteiger partial charge in [0, 0.05) is 42.7 Å². The molecule has 0 unspecified atom stereocenters. The summed E-state index contributed by atoms with van der Waals surface area (Å²) in [4.78, 5) is 33.2. The lowest BCUT2D eigenvalue weighted by Crippen LogP contribution is -2.37. The van der Waals surface area contributed by atoms with Gasteiger partial charge in [-0.15, -0.1) is 0 Å². The highest BCUT2D eigenvalue weighted by atomic mass is 16.4. The topological polar surface area (TPSA) is 133 Å². The number of hydrogen-bond acceptors (Lipinski definition) is 5. The fourth-order valence-electron chi connectivity index (χ4n) is 2.89. The molecule has 1 aromatic heterocycles. The van der Waals surface area contributed by atoms with Crippen LogP contribution in [0.25, 0.3) is 11.1 Å². The monoisotopic (exact) mass is 365 g/mol. The zero-order chi connectivity index (χ0) is 19.4. The Bertz CT molecular complexity index is 894. The maximum atomic E-state index is 12.5. The second-order valence-corrected chi connectivity index (χ2v) is 6.22. The standard InChI is InChI=1S/C19H19N5O3/c20-17(21)14-3-1-13(2-4-14)15-10-22-18(23-11-15)19(27)24-7-5-12(6-8-24)9-16(25)26/h1-4,9-11H,5-8H2,(H3,20,21)(H,25,26). The van der Waals surface area contributed by atoms with Gasteiger partial charge in [0.25, 0.3) is 5.91 Å². The number of aliphatic carboxylic acids is 1. The maximum Gasteiger partial charge on any atom is 0.328 e. The normalized spacial score (nSPS) is 13.9. The molecule has 1 aliphatic heterocycles. The van der Waals surface area contributed by atoms with Crippen LogP contribution in [0.2, 0.25) is 0 Å². The number of carboxylic acids is 1. The van der Waals surface area contributed by atoms with E-state index in [-0.39, 0.29) is 17.6 Å². The van der Waals surface area contributed by atoms with E-state index in [4.69, 9.17) is 16.2 Å². The van der Waals surface area contributed by atoms with Crippen molar-refractivity contribution in [3.8, 4) is 11.1 Å². The largest absolute Gasteiger partial charge is 0.478 e. The lowest BCUT2D eigenvalue weighted by atomic mass is 10.0. The van der Waals surface area contributed by atoms with Crippen molar-refractivity contribution in [3.05, 3.63) is 59.7 Å². The fraction of sp³-hybridized carbons (Fsp3) is 0.211. The van der Waals surface area contributed by atoms with E-state index in [0.29, 0.717) is 31.5 Å². The summed E-state index contributed by atoms with van der Waals surface area (Å²) >= 11 is 0. The molecule has 8 nitrogen and oxygen atoms in total. The van der Waals surface area contributed by atoms with E-state index < -0.39 is 5.97 Å². The summed E-state index contributed by atoms with van der Waals surface area (Å²) in [5, 5.41) is 16.2. The third-order valence-electron chi connectivity index (χ3n) is 4.39. The summed E-state index contributed by atoms with van der Waals surface area (Å²) in [5.74, 6) is -1.10. The molecule has 8 heteroatoms. The number of carboxylic acid groups (broad SMARTS) is 1. The van der Waals surface area contributed by atoms with E-state index in [9.17, 15) is 9.59 Å². The molecule has 1 aliphatic rings. The van der Waals surface area contributed by atoms with Gasteiger partial charge in [-0.2, -0.15) is 0 Å². The average Bonchev–Trinajstić information content (AvgIpc) is 2.68. The van der Waals surface area contributed by atoms with Crippen LogP contribution in [0, 0.1) is 5.41 Å². The molecule has 1 aromatic carbocycles. The summed E-state index contributed by atoms with van der Waals surface area (Å²) in [7, 11) is 0. The Morgan fingerprint density at radius 3 is 2.19 bits per heavy atom. The highest BCUT2D eigenvalue weighted by Gasteiger charge is 2.22. The van der Waals surface area contributed by atoms with Crippen LogP contribution in [0.1, 0.15) is 29.0 Å². The molecule has 2 aromatic rings. The molecule has 0 radical (unpaired) electrons. The van der Waals surface area contributed by atoms with Crippen molar-refractivity contribution in [1.29, 1.82) is 5.41 Å². The van der Waals surface area contributed by atoms with E-state index in [2.05, 4.69) is 9.97 Å². The Kier molecular flexibility index (Phi) is 5.25. The Balaban J connectivity index is 1.67. The van der Waals surface area contributed by atoms with Gasteiger partial charge in [0.1, 0.15) is 5.84 Å². The first kappa shape index (κ1) is 18.2. The van der Waals surface area contributed by atoms with Gasteiger partial charge in [-0.1, -0.05) is 29.8 Å². The highest BCUT2D eigenvalue weighted by Crippen LogP contribution is 2.20. The van der Waals surface area contributed by atoms with Crippen molar-refractivity contribution < 1.29 is 14.7 Å². The Morgan fingerprint density at radius 2 is 1.67 bits per heavy atom. The number of nitrogen functional groups attached to an aromatic ring is 1. The van der Waals surface area contributed by atoms with Gasteiger partial charge < -0.3 is 15.7 Å². The fourth-order valence-corrected chi connectivity index (χ4v) is 2.89. The summed E-state index contributed by atoms with van der Waals surface area (Å²) in [6, 6.07) is 7.12. The second kappa shape index (κ2) is 7.77. The number of nitrogens with two attached hydrogens (primary N) is 1. The first-order valence-electron chi connectivity index (χ1n) is 8.42. The van der Waals surface area contributed by atoms with Crippen LogP contribution < -0.4 is 5.73 Å². The minimum Gasteiger partial charge on any atom is -0.478 e. The van der Waals surface area contributed by atoms with E-state index >= 15 is 0 Å². The average molecular weight is 365 g/mol. The number of piperidine rings is 1. The van der Waals surface area contributed by atoms with Crippen molar-refractivity contribution in [2.75, 3.05) is 13.1 Å². The molecule has 0 bridgehead atoms. The minimum atomic E-state index is -0.958. The number of carbonyl (C=O) groups excluding carboxylic acids is 1. The Labute approximate surface area is 155 Å². The third-order valence-corrected chi connectivity index (χ3v) is 4.39. The predicted molar refractivity (Wildman–Crippen MR) is 99.3 cm³/mol. The van der Waals surface area contributed by atoms with Gasteiger partial charge in [0.05, 0.1) is 0 Å². The molecule has 0 atom stereocenters. The molecular formula is C19H19N5O3. The molecule has 0 aliphatic carbocycles. The number of amides is 1. The number of carbonyl (C=O) groups is 2. The molecule has 0 saturated carbocycles. The van der Waals surface area contributed by atoms with Crippen molar-refractivity contribution in [1.82, 2.24) is 14.9 Å². The summed E-state index contributed by atoms with van der Waals surface area (Å²) in [6.45, 7) is 0.908. The Hall–Kier alpha value is -3.55. The molecule has 2 heterocycles. The number of hydrogen-bond donors (Lipinski definition) is 3. The van der Waals surface area contributed by atoms with E-state index in [1.54, 1.807) is 29.4 Å². The molecular weight excluding hydrogens is 346 g/mol. The molecule has 1 fully saturated rings. The summed E-state index contributed by atoms with van der Waals surface area (Å²) in [6.07, 6.45) is 5.47. The van der Waals surface area contributed by atoms with Gasteiger partial charge in [0.2, 0.25) is 5.82 Å². The quantitative estimate of drug-likeness (QED) is 0.429. The van der Waals surface area contributed by atoms with Crippen LogP contribution in [0.4, 0.5) is 0 Å². The summed E-state index contributed by atoms with van der Waals surface area (Å²) < 4.78 is 0. The van der Waals surface area contributed by atoms with Crippen LogP contribution >= 0.6 is 0 Å². The zero-order valence-corrected chi connectivity index (χ0v) is 14.6. The number of likely N-dealkylation sites (tertiary alicyclic amines) is 1. The number of benzene rings is 1. The number of nitrogens with zero attached hydrogens (tertiary/aromatic N) is 3. The van der Waals surface area contributed by atoms with Crippen LogP contribution in [-0.2, 0) is 4.79 Å². The van der Waals surface area contributed by atoms with Gasteiger partial charge in [0.15, 0.2) is 0 Å². The SMILES string of the molecule is N=C(N)c1ccc(-c2cnc(C(=O)N3CCC(=CC(=O)O)CC3)nc2)cc1. The van der Waals surface area contributed by atoms with E-state index in [1.165, 1.54) is 6.08 Å². The minimum absolute atomic E-state index is 0.00151. The van der Waals surface area contributed by atoms with Gasteiger partial charge in [-0.05, 0) is 18.4 Å². The summed E-state index contributed by atoms with van der Waals surface area (Å²) in [5.41, 5.74) is 8.52. The second-order valence-electron chi connectivity index (χ2n) is 6.22. The molecule has 4 N–H and O–H groups in total. The molecule has 3 rings (SSSR count). The molecule has 27 heavy (non-hydrogen) atoms. The Morgan fingerprint density at radius 1 is 1.07 bits per heavy atom. The molecule has 1 saturated heterocycles. The molecule has 1 amide bonds. The maximum absolute atomic E-state index is 12.5. The smallest absolute Gasteiger partial charge is 0.328 e. The van der Waals surface area contributed by atoms with Crippen molar-refractivity contribution in [3.63, 3.8) is 0 Å². The van der Waals surface area contributed by atoms with Crippen LogP contribution in [-0.4, -0.2) is 50.8 Å². The third kappa shape index (κ3) is 4.35. The molecule has 0 spiro atoms. The van der Waals surface area contributed by atoms with Gasteiger partial charge in [-0.25, -0.2) is 14.8 Å². The first-order valence-corrected chi connectivity index (χ1v) is 8.42. The van der Waals surface area contributed by atoms with Gasteiger partial charge >= 0.3 is 5.97 Å². The van der Waals surface area contributed by atoms with Crippen LogP contribution in [0.15, 0.2) is 48.3 Å². The van der Waals surface area contributed by atoms with Crippen LogP contribution in [0.3, 0.4) is 0 Å². The highest BCUT2D eigenvalue weighted by molar-refractivity contribution is 5.95. The first-order chi connectivity index (χ1) is 12.9. The number of amidine groups is 1.